The van der Waals surface area contributed by atoms with Gasteiger partial charge in [0, 0.05) is 41.1 Å². The van der Waals surface area contributed by atoms with Gasteiger partial charge in [0.1, 0.15) is 0 Å². The zero-order valence-corrected chi connectivity index (χ0v) is 22.8. The summed E-state index contributed by atoms with van der Waals surface area (Å²) in [6, 6.07) is 27.9. The summed E-state index contributed by atoms with van der Waals surface area (Å²) in [5, 5.41) is 6.32. The molecule has 5 aromatic rings. The van der Waals surface area contributed by atoms with Crippen molar-refractivity contribution >= 4 is 58.7 Å². The first-order chi connectivity index (χ1) is 17.7. The number of nitrogens with one attached hydrogen (secondary N) is 2. The number of anilines is 1. The Bertz CT molecular complexity index is 1550. The normalized spacial score (nSPS) is 14.7. The van der Waals surface area contributed by atoms with Gasteiger partial charge in [-0.2, -0.15) is 0 Å². The first-order valence-corrected chi connectivity index (χ1v) is 12.4. The third-order valence-corrected chi connectivity index (χ3v) is 7.16. The van der Waals surface area contributed by atoms with Crippen LogP contribution in [-0.2, 0) is 13.1 Å². The van der Waals surface area contributed by atoms with Crippen LogP contribution in [0, 0.1) is 0 Å². The van der Waals surface area contributed by atoms with E-state index >= 15 is 0 Å². The maximum atomic E-state index is 13.9. The predicted octanol–water partition coefficient (Wildman–Crippen LogP) is 7.09. The van der Waals surface area contributed by atoms with Crippen molar-refractivity contribution in [2.75, 3.05) is 11.4 Å². The van der Waals surface area contributed by atoms with E-state index in [0.29, 0.717) is 19.6 Å². The molecule has 194 valence electrons. The van der Waals surface area contributed by atoms with E-state index < -0.39 is 0 Å². The van der Waals surface area contributed by atoms with Crippen LogP contribution >= 0.6 is 36.4 Å². The molecular formula is C30H27Cl3N4O. The summed E-state index contributed by atoms with van der Waals surface area (Å²) in [5.41, 5.74) is 6.02. The molecular weight excluding hydrogens is 539 g/mol. The maximum absolute atomic E-state index is 13.9. The van der Waals surface area contributed by atoms with Crippen LogP contribution in [0.15, 0.2) is 97.5 Å². The summed E-state index contributed by atoms with van der Waals surface area (Å²) >= 11 is 6.50. The molecule has 38 heavy (non-hydrogen) atoms. The Labute approximate surface area is 239 Å². The van der Waals surface area contributed by atoms with E-state index in [4.69, 9.17) is 11.6 Å². The molecule has 0 aliphatic carbocycles. The molecule has 0 bridgehead atoms. The fourth-order valence-electron chi connectivity index (χ4n) is 5.04. The molecule has 0 saturated heterocycles. The Balaban J connectivity index is 0.00000168. The van der Waals surface area contributed by atoms with E-state index in [-0.39, 0.29) is 36.6 Å². The Morgan fingerprint density at radius 2 is 1.76 bits per heavy atom. The minimum atomic E-state index is -0.366. The van der Waals surface area contributed by atoms with E-state index in [1.807, 2.05) is 72.9 Å². The number of imidazole rings is 1. The lowest BCUT2D eigenvalue weighted by Gasteiger charge is -2.27. The van der Waals surface area contributed by atoms with E-state index in [0.717, 1.165) is 49.4 Å². The molecule has 0 fully saturated rings. The van der Waals surface area contributed by atoms with Gasteiger partial charge in [-0.1, -0.05) is 78.3 Å². The summed E-state index contributed by atoms with van der Waals surface area (Å²) in [5.74, 6) is 0.0977. The molecule has 1 aliphatic rings. The van der Waals surface area contributed by atoms with Gasteiger partial charge in [-0.05, 0) is 40.1 Å². The minimum absolute atomic E-state index is 0. The quantitative estimate of drug-likeness (QED) is 0.223. The molecule has 4 aromatic carbocycles. The van der Waals surface area contributed by atoms with Crippen molar-refractivity contribution in [1.82, 2.24) is 15.3 Å². The average Bonchev–Trinajstić information content (AvgIpc) is 3.36. The highest BCUT2D eigenvalue weighted by atomic mass is 35.5. The van der Waals surface area contributed by atoms with Gasteiger partial charge in [0.2, 0.25) is 0 Å². The zero-order chi connectivity index (χ0) is 24.5. The summed E-state index contributed by atoms with van der Waals surface area (Å²) < 4.78 is 0. The molecule has 0 radical (unpaired) electrons. The topological polar surface area (TPSA) is 61.0 Å². The van der Waals surface area contributed by atoms with Crippen molar-refractivity contribution in [3.63, 3.8) is 0 Å². The Morgan fingerprint density at radius 3 is 2.58 bits per heavy atom. The van der Waals surface area contributed by atoms with Gasteiger partial charge in [-0.25, -0.2) is 4.98 Å². The lowest BCUT2D eigenvalue weighted by molar-refractivity contribution is 0.0947. The van der Waals surface area contributed by atoms with Gasteiger partial charge in [-0.15, -0.1) is 24.8 Å². The van der Waals surface area contributed by atoms with E-state index in [1.165, 1.54) is 0 Å². The first kappa shape index (κ1) is 27.7. The molecule has 8 heteroatoms. The number of fused-ring (bicyclic) bond motifs is 2. The fraction of sp³-hybridized carbons (Fsp3) is 0.133. The third-order valence-electron chi connectivity index (χ3n) is 6.83. The van der Waals surface area contributed by atoms with E-state index in [2.05, 4.69) is 38.4 Å². The van der Waals surface area contributed by atoms with Gasteiger partial charge in [0.25, 0.3) is 0 Å². The maximum Gasteiger partial charge on any atom is 0.182 e. The monoisotopic (exact) mass is 564 g/mol. The smallest absolute Gasteiger partial charge is 0.182 e. The number of nitrogens with zero attached hydrogens (tertiary/aromatic N) is 2. The zero-order valence-electron chi connectivity index (χ0n) is 20.4. The second-order valence-corrected chi connectivity index (χ2v) is 9.51. The van der Waals surface area contributed by atoms with Crippen molar-refractivity contribution in [1.29, 1.82) is 0 Å². The molecule has 1 aromatic heterocycles. The summed E-state index contributed by atoms with van der Waals surface area (Å²) in [4.78, 5) is 23.5. The standard InChI is InChI=1S/C30H25ClN4O.2ClH/c31-27-11-4-3-9-25(27)21-12-13-29-22(14-21)15-33-28(18-35(29)17-23-16-32-19-34-23)30(36)26-10-5-7-20-6-1-2-8-24(20)26;;/h1-14,16,19,28,33H,15,17-18H2,(H,32,34);2*1H. The number of aromatic nitrogens is 2. The van der Waals surface area contributed by atoms with Crippen molar-refractivity contribution in [2.24, 2.45) is 0 Å². The fourth-order valence-corrected chi connectivity index (χ4v) is 5.29. The van der Waals surface area contributed by atoms with Crippen LogP contribution in [0.25, 0.3) is 21.9 Å². The summed E-state index contributed by atoms with van der Waals surface area (Å²) in [6.45, 7) is 1.74. The number of benzene rings is 4. The van der Waals surface area contributed by atoms with Crippen LogP contribution in [0.2, 0.25) is 5.02 Å². The molecule has 0 spiro atoms. The van der Waals surface area contributed by atoms with Crippen molar-refractivity contribution in [2.45, 2.75) is 19.1 Å². The third kappa shape index (κ3) is 5.42. The van der Waals surface area contributed by atoms with Crippen LogP contribution < -0.4 is 10.2 Å². The molecule has 1 aliphatic heterocycles. The molecule has 1 atom stereocenters. The number of Topliss-reactive ketones (excluding diaryl/α,β-unsaturated/α-hetero) is 1. The number of carbonyl (C=O) groups excluding carboxylic acids is 1. The van der Waals surface area contributed by atoms with Crippen LogP contribution in [0.5, 0.6) is 0 Å². The van der Waals surface area contributed by atoms with Gasteiger partial charge < -0.3 is 15.2 Å². The molecule has 0 saturated carbocycles. The number of H-pyrrole nitrogens is 1. The molecule has 2 heterocycles. The van der Waals surface area contributed by atoms with Gasteiger partial charge in [-0.3, -0.25) is 4.79 Å². The highest BCUT2D eigenvalue weighted by Crippen LogP contribution is 2.34. The van der Waals surface area contributed by atoms with Crippen LogP contribution in [0.3, 0.4) is 0 Å². The number of aromatic amines is 1. The summed E-state index contributed by atoms with van der Waals surface area (Å²) in [7, 11) is 0. The van der Waals surface area contributed by atoms with Crippen LogP contribution in [0.4, 0.5) is 5.69 Å². The van der Waals surface area contributed by atoms with Gasteiger partial charge >= 0.3 is 0 Å². The molecule has 1 unspecified atom stereocenters. The van der Waals surface area contributed by atoms with Crippen molar-refractivity contribution in [3.8, 4) is 11.1 Å². The summed E-state index contributed by atoms with van der Waals surface area (Å²) in [6.07, 6.45) is 3.52. The van der Waals surface area contributed by atoms with E-state index in [1.54, 1.807) is 6.33 Å². The first-order valence-electron chi connectivity index (χ1n) is 12.0. The molecule has 2 N–H and O–H groups in total. The highest BCUT2D eigenvalue weighted by Gasteiger charge is 2.28. The lowest BCUT2D eigenvalue weighted by Crippen LogP contribution is -2.43. The number of carbonyl (C=O) groups is 1. The Morgan fingerprint density at radius 1 is 0.974 bits per heavy atom. The van der Waals surface area contributed by atoms with Crippen molar-refractivity contribution in [3.05, 3.63) is 119 Å². The number of rotatable bonds is 5. The molecule has 5 nitrogen and oxygen atoms in total. The average molecular weight is 566 g/mol. The van der Waals surface area contributed by atoms with Crippen LogP contribution in [-0.4, -0.2) is 28.3 Å². The Hall–Kier alpha value is -3.35. The van der Waals surface area contributed by atoms with Crippen molar-refractivity contribution < 1.29 is 4.79 Å². The number of hydrogen-bond acceptors (Lipinski definition) is 4. The molecule has 6 rings (SSSR count). The Kier molecular flexibility index (Phi) is 8.75. The minimum Gasteiger partial charge on any atom is -0.363 e. The number of halogens is 3. The predicted molar refractivity (Wildman–Crippen MR) is 160 cm³/mol. The van der Waals surface area contributed by atoms with Gasteiger partial charge in [0.05, 0.1) is 24.6 Å². The SMILES string of the molecule is Cl.Cl.O=C(c1cccc2ccccc12)C1CN(Cc2cnc[nH]2)c2ccc(-c3ccccc3Cl)cc2CN1. The number of ketones is 1. The second-order valence-electron chi connectivity index (χ2n) is 9.11. The molecule has 0 amide bonds. The lowest BCUT2D eigenvalue weighted by atomic mass is 9.97. The second kappa shape index (κ2) is 12.0. The van der Waals surface area contributed by atoms with Gasteiger partial charge in [0.15, 0.2) is 5.78 Å². The van der Waals surface area contributed by atoms with Crippen LogP contribution in [0.1, 0.15) is 21.6 Å². The highest BCUT2D eigenvalue weighted by molar-refractivity contribution is 6.33. The van der Waals surface area contributed by atoms with E-state index in [9.17, 15) is 4.79 Å². The number of hydrogen-bond donors (Lipinski definition) is 2. The largest absolute Gasteiger partial charge is 0.363 e.